The largest absolute Gasteiger partial charge is 0.443 e. The standard InChI is InChI=1S/C23H31FN2O4/c1-13-17-12-23(3)14(2)20(30-22(28)26-8-6-16(24)7-9-26)19(29-5)11-15(23)10-18(17)25(4)21(13)27/h10-11,14,16,19-20H,6-9,12H2,1-5H3/t14-,19+,20+,23+/m0/s1. The number of allylic oxidation sites excluding steroid dienone is 3. The third-order valence-corrected chi connectivity index (χ3v) is 7.60. The number of carbonyl (C=O) groups is 2. The van der Waals surface area contributed by atoms with E-state index in [0.29, 0.717) is 32.4 Å². The number of methoxy groups -OCH3 is 1. The molecule has 0 saturated carbocycles. The Labute approximate surface area is 177 Å². The van der Waals surface area contributed by atoms with Gasteiger partial charge in [-0.25, -0.2) is 9.18 Å². The van der Waals surface area contributed by atoms with Crippen molar-refractivity contribution < 1.29 is 23.5 Å². The van der Waals surface area contributed by atoms with Crippen molar-refractivity contribution in [1.29, 1.82) is 0 Å². The molecule has 0 radical (unpaired) electrons. The number of piperidine rings is 1. The molecule has 1 saturated heterocycles. The second-order valence-corrected chi connectivity index (χ2v) is 9.21. The van der Waals surface area contributed by atoms with Crippen molar-refractivity contribution in [3.05, 3.63) is 34.6 Å². The van der Waals surface area contributed by atoms with Crippen molar-refractivity contribution in [3.63, 3.8) is 0 Å². The number of hydrogen-bond acceptors (Lipinski definition) is 4. The average Bonchev–Trinajstić information content (AvgIpc) is 2.93. The van der Waals surface area contributed by atoms with E-state index in [9.17, 15) is 14.0 Å². The molecule has 30 heavy (non-hydrogen) atoms. The first-order valence-corrected chi connectivity index (χ1v) is 10.7. The Balaban J connectivity index is 1.62. The highest BCUT2D eigenvalue weighted by molar-refractivity contribution is 6.00. The molecule has 7 heteroatoms. The predicted molar refractivity (Wildman–Crippen MR) is 110 cm³/mol. The summed E-state index contributed by atoms with van der Waals surface area (Å²) in [5.41, 5.74) is 3.64. The number of hydrogen-bond donors (Lipinski definition) is 0. The minimum Gasteiger partial charge on any atom is -0.443 e. The number of carbonyl (C=O) groups excluding carboxylic acids is 2. The molecule has 0 aromatic heterocycles. The molecule has 2 heterocycles. The van der Waals surface area contributed by atoms with Crippen molar-refractivity contribution in [1.82, 2.24) is 9.80 Å². The van der Waals surface area contributed by atoms with Gasteiger partial charge in [0.05, 0.1) is 0 Å². The van der Waals surface area contributed by atoms with E-state index in [1.807, 2.05) is 13.0 Å². The van der Waals surface area contributed by atoms with Gasteiger partial charge in [0.25, 0.3) is 5.91 Å². The maximum atomic E-state index is 13.4. The fourth-order valence-corrected chi connectivity index (χ4v) is 5.25. The van der Waals surface area contributed by atoms with Crippen molar-refractivity contribution in [2.75, 3.05) is 27.2 Å². The van der Waals surface area contributed by atoms with Gasteiger partial charge in [0.2, 0.25) is 0 Å². The molecule has 0 spiro atoms. The summed E-state index contributed by atoms with van der Waals surface area (Å²) in [4.78, 5) is 28.6. The maximum Gasteiger partial charge on any atom is 0.410 e. The number of amides is 2. The van der Waals surface area contributed by atoms with Crippen LogP contribution in [0.25, 0.3) is 0 Å². The first kappa shape index (κ1) is 21.1. The summed E-state index contributed by atoms with van der Waals surface area (Å²) in [5.74, 6) is 0.0125. The monoisotopic (exact) mass is 418 g/mol. The Morgan fingerprint density at radius 3 is 2.60 bits per heavy atom. The molecule has 1 fully saturated rings. The van der Waals surface area contributed by atoms with Crippen molar-refractivity contribution in [3.8, 4) is 0 Å². The second kappa shape index (κ2) is 7.52. The number of nitrogens with zero attached hydrogens (tertiary/aromatic N) is 2. The zero-order chi connectivity index (χ0) is 21.8. The number of likely N-dealkylation sites (tertiary alicyclic amines) is 1. The number of halogens is 1. The maximum absolute atomic E-state index is 13.4. The first-order chi connectivity index (χ1) is 14.2. The molecule has 0 bridgehead atoms. The van der Waals surface area contributed by atoms with Crippen LogP contribution < -0.4 is 0 Å². The van der Waals surface area contributed by atoms with Crippen molar-refractivity contribution in [2.45, 2.75) is 58.4 Å². The highest BCUT2D eigenvalue weighted by Gasteiger charge is 2.51. The van der Waals surface area contributed by atoms with Crippen LogP contribution in [-0.4, -0.2) is 67.4 Å². The first-order valence-electron chi connectivity index (χ1n) is 10.7. The lowest BCUT2D eigenvalue weighted by molar-refractivity contribution is -0.123. The lowest BCUT2D eigenvalue weighted by Crippen LogP contribution is -2.51. The molecule has 2 aliphatic carbocycles. The normalized spacial score (nSPS) is 34.5. The molecule has 0 aromatic rings. The van der Waals surface area contributed by atoms with Crippen molar-refractivity contribution in [2.24, 2.45) is 11.3 Å². The van der Waals surface area contributed by atoms with Gasteiger partial charge in [-0.15, -0.1) is 0 Å². The summed E-state index contributed by atoms with van der Waals surface area (Å²) < 4.78 is 25.1. The van der Waals surface area contributed by atoms with E-state index in [2.05, 4.69) is 19.9 Å². The highest BCUT2D eigenvalue weighted by atomic mass is 19.1. The SMILES string of the molecule is CO[C@@H]1C=C2C=C3C(=C(C)C(=O)N3C)C[C@]2(C)[C@@H](C)[C@H]1OC(=O)N1CCC(F)CC1. The summed E-state index contributed by atoms with van der Waals surface area (Å²) >= 11 is 0. The summed E-state index contributed by atoms with van der Waals surface area (Å²) in [6.07, 6.45) is 3.46. The molecule has 0 N–H and O–H groups in total. The quantitative estimate of drug-likeness (QED) is 0.688. The van der Waals surface area contributed by atoms with Gasteiger partial charge >= 0.3 is 6.09 Å². The van der Waals surface area contributed by atoms with Crippen LogP contribution in [0, 0.1) is 11.3 Å². The highest BCUT2D eigenvalue weighted by Crippen LogP contribution is 2.54. The molecule has 0 unspecified atom stereocenters. The van der Waals surface area contributed by atoms with Crippen LogP contribution in [0.15, 0.2) is 34.6 Å². The van der Waals surface area contributed by atoms with Crippen molar-refractivity contribution >= 4 is 12.0 Å². The Kier molecular flexibility index (Phi) is 5.29. The molecule has 6 nitrogen and oxygen atoms in total. The third-order valence-electron chi connectivity index (χ3n) is 7.60. The van der Waals surface area contributed by atoms with E-state index >= 15 is 0 Å². The molecular weight excluding hydrogens is 387 g/mol. The number of ether oxygens (including phenoxy) is 2. The van der Waals surface area contributed by atoms with Gasteiger partial charge in [0.15, 0.2) is 0 Å². The van der Waals surface area contributed by atoms with Gasteiger partial charge in [-0.1, -0.05) is 13.8 Å². The molecule has 2 aliphatic heterocycles. The Morgan fingerprint density at radius 1 is 1.30 bits per heavy atom. The van der Waals surface area contributed by atoms with E-state index in [4.69, 9.17) is 9.47 Å². The van der Waals surface area contributed by atoms with Gasteiger partial charge < -0.3 is 19.3 Å². The second-order valence-electron chi connectivity index (χ2n) is 9.21. The number of rotatable bonds is 2. The van der Waals surface area contributed by atoms with E-state index in [0.717, 1.165) is 22.4 Å². The Hall–Kier alpha value is -2.15. The van der Waals surface area contributed by atoms with E-state index in [1.165, 1.54) is 0 Å². The summed E-state index contributed by atoms with van der Waals surface area (Å²) in [5, 5.41) is 0. The number of alkyl halides is 1. The zero-order valence-electron chi connectivity index (χ0n) is 18.4. The average molecular weight is 419 g/mol. The number of likely N-dealkylation sites (N-methyl/N-ethyl adjacent to an activating group) is 1. The van der Waals surface area contributed by atoms with Crippen LogP contribution in [0.4, 0.5) is 9.18 Å². The third kappa shape index (κ3) is 3.18. The van der Waals surface area contributed by atoms with Gasteiger partial charge in [-0.3, -0.25) is 4.79 Å². The fourth-order valence-electron chi connectivity index (χ4n) is 5.25. The van der Waals surface area contributed by atoms with Crippen LogP contribution >= 0.6 is 0 Å². The molecule has 164 valence electrons. The molecular formula is C23H31FN2O4. The van der Waals surface area contributed by atoms with E-state index in [1.54, 1.807) is 24.0 Å². The number of fused-ring (bicyclic) bond motifs is 2. The molecule has 4 aliphatic rings. The van der Waals surface area contributed by atoms with Crippen LogP contribution in [-0.2, 0) is 14.3 Å². The van der Waals surface area contributed by atoms with E-state index in [-0.39, 0.29) is 23.3 Å². The Bertz CT molecular complexity index is 855. The summed E-state index contributed by atoms with van der Waals surface area (Å²) in [6, 6.07) is 0. The van der Waals surface area contributed by atoms with Gasteiger partial charge in [0.1, 0.15) is 18.4 Å². The van der Waals surface area contributed by atoms with Gasteiger partial charge in [0, 0.05) is 49.9 Å². The van der Waals surface area contributed by atoms with Crippen LogP contribution in [0.5, 0.6) is 0 Å². The fraction of sp³-hybridized carbons (Fsp3) is 0.652. The lowest BCUT2D eigenvalue weighted by Gasteiger charge is -2.49. The molecule has 2 amide bonds. The topological polar surface area (TPSA) is 59.1 Å². The summed E-state index contributed by atoms with van der Waals surface area (Å²) in [7, 11) is 3.42. The van der Waals surface area contributed by atoms with Crippen LogP contribution in [0.1, 0.15) is 40.0 Å². The van der Waals surface area contributed by atoms with Gasteiger partial charge in [-0.2, -0.15) is 0 Å². The molecule has 4 rings (SSSR count). The molecule has 4 atom stereocenters. The van der Waals surface area contributed by atoms with Crippen LogP contribution in [0.3, 0.4) is 0 Å². The molecule has 0 aromatic carbocycles. The lowest BCUT2D eigenvalue weighted by atomic mass is 9.59. The Morgan fingerprint density at radius 2 is 1.97 bits per heavy atom. The minimum absolute atomic E-state index is 0.0239. The van der Waals surface area contributed by atoms with Gasteiger partial charge in [-0.05, 0) is 49.5 Å². The summed E-state index contributed by atoms with van der Waals surface area (Å²) in [6.45, 7) is 6.89. The van der Waals surface area contributed by atoms with E-state index < -0.39 is 18.4 Å². The zero-order valence-corrected chi connectivity index (χ0v) is 18.4. The minimum atomic E-state index is -0.842. The van der Waals surface area contributed by atoms with Crippen LogP contribution in [0.2, 0.25) is 0 Å². The smallest absolute Gasteiger partial charge is 0.410 e. The predicted octanol–water partition coefficient (Wildman–Crippen LogP) is 3.60.